The summed E-state index contributed by atoms with van der Waals surface area (Å²) in [5.74, 6) is -1.47. The van der Waals surface area contributed by atoms with Gasteiger partial charge in [-0.3, -0.25) is 4.79 Å². The summed E-state index contributed by atoms with van der Waals surface area (Å²) >= 11 is 3.34. The van der Waals surface area contributed by atoms with Crippen LogP contribution in [0, 0.1) is 18.6 Å². The molecule has 0 fully saturated rings. The van der Waals surface area contributed by atoms with Crippen molar-refractivity contribution in [2.75, 3.05) is 0 Å². The summed E-state index contributed by atoms with van der Waals surface area (Å²) in [4.78, 5) is 11.5. The molecule has 0 aliphatic heterocycles. The summed E-state index contributed by atoms with van der Waals surface area (Å²) in [6.07, 6.45) is 0.227. The van der Waals surface area contributed by atoms with Crippen LogP contribution < -0.4 is 9.47 Å². The van der Waals surface area contributed by atoms with Gasteiger partial charge in [-0.15, -0.1) is 0 Å². The summed E-state index contributed by atoms with van der Waals surface area (Å²) in [5.41, 5.74) is 0.739. The van der Waals surface area contributed by atoms with Crippen LogP contribution in [0.15, 0.2) is 34.8 Å². The van der Waals surface area contributed by atoms with Gasteiger partial charge in [0.05, 0.1) is 0 Å². The second kappa shape index (κ2) is 7.55. The van der Waals surface area contributed by atoms with E-state index in [2.05, 4.69) is 15.9 Å². The number of rotatable bonds is 5. The van der Waals surface area contributed by atoms with Gasteiger partial charge in [0.2, 0.25) is 0 Å². The number of esters is 1. The molecule has 6 heteroatoms. The monoisotopic (exact) mass is 384 g/mol. The zero-order valence-corrected chi connectivity index (χ0v) is 14.2. The molecule has 0 spiro atoms. The molecule has 2 rings (SSSR count). The molecule has 2 aromatic carbocycles. The number of ether oxygens (including phenoxy) is 2. The average Bonchev–Trinajstić information content (AvgIpc) is 2.51. The van der Waals surface area contributed by atoms with Crippen molar-refractivity contribution in [3.8, 4) is 11.5 Å². The number of aryl methyl sites for hydroxylation is 1. The highest BCUT2D eigenvalue weighted by Crippen LogP contribution is 2.30. The minimum absolute atomic E-state index is 0.0762. The van der Waals surface area contributed by atoms with Gasteiger partial charge >= 0.3 is 5.97 Å². The van der Waals surface area contributed by atoms with Gasteiger partial charge in [-0.05, 0) is 30.7 Å². The third-order valence-corrected chi connectivity index (χ3v) is 3.92. The van der Waals surface area contributed by atoms with Gasteiger partial charge in [0.25, 0.3) is 0 Å². The lowest BCUT2D eigenvalue weighted by Gasteiger charge is -2.13. The van der Waals surface area contributed by atoms with E-state index >= 15 is 0 Å². The summed E-state index contributed by atoms with van der Waals surface area (Å²) in [7, 11) is 0. The Bertz CT molecular complexity index is 732. The molecule has 0 saturated carbocycles. The second-order valence-corrected chi connectivity index (χ2v) is 5.72. The number of hydrogen-bond donors (Lipinski definition) is 0. The predicted molar refractivity (Wildman–Crippen MR) is 85.5 cm³/mol. The van der Waals surface area contributed by atoms with E-state index in [0.717, 1.165) is 12.1 Å². The van der Waals surface area contributed by atoms with Gasteiger partial charge in [0, 0.05) is 22.5 Å². The second-order valence-electron chi connectivity index (χ2n) is 4.86. The van der Waals surface area contributed by atoms with Crippen LogP contribution in [0.5, 0.6) is 11.5 Å². The third kappa shape index (κ3) is 4.28. The van der Waals surface area contributed by atoms with E-state index in [-0.39, 0.29) is 24.3 Å². The maximum absolute atomic E-state index is 13.8. The molecule has 122 valence electrons. The normalized spacial score (nSPS) is 10.5. The van der Waals surface area contributed by atoms with Gasteiger partial charge < -0.3 is 9.47 Å². The van der Waals surface area contributed by atoms with Crippen LogP contribution in [0.2, 0.25) is 0 Å². The Balaban J connectivity index is 2.23. The Kier molecular flexibility index (Phi) is 5.71. The number of carbonyl (C=O) groups is 1. The first-order chi connectivity index (χ1) is 10.9. The fourth-order valence-electron chi connectivity index (χ4n) is 1.86. The quantitative estimate of drug-likeness (QED) is 0.541. The summed E-state index contributed by atoms with van der Waals surface area (Å²) in [5, 5.41) is 0. The van der Waals surface area contributed by atoms with Crippen LogP contribution in [0.1, 0.15) is 24.5 Å². The minimum atomic E-state index is -0.650. The Morgan fingerprint density at radius 1 is 1.17 bits per heavy atom. The van der Waals surface area contributed by atoms with Crippen LogP contribution in [-0.4, -0.2) is 5.97 Å². The topological polar surface area (TPSA) is 35.5 Å². The van der Waals surface area contributed by atoms with Gasteiger partial charge in [0.1, 0.15) is 18.2 Å². The van der Waals surface area contributed by atoms with Crippen molar-refractivity contribution in [3.63, 3.8) is 0 Å². The molecule has 0 aliphatic carbocycles. The fourth-order valence-corrected chi connectivity index (χ4v) is 2.32. The maximum Gasteiger partial charge on any atom is 0.310 e. The Hall–Kier alpha value is -1.95. The number of halogens is 3. The van der Waals surface area contributed by atoms with Crippen LogP contribution >= 0.6 is 15.9 Å². The van der Waals surface area contributed by atoms with Crippen molar-refractivity contribution < 1.29 is 23.0 Å². The molecule has 0 radical (unpaired) electrons. The largest absolute Gasteiger partial charge is 0.486 e. The molecule has 0 heterocycles. The van der Waals surface area contributed by atoms with Crippen molar-refractivity contribution in [1.29, 1.82) is 0 Å². The maximum atomic E-state index is 13.8. The zero-order chi connectivity index (χ0) is 17.0. The highest BCUT2D eigenvalue weighted by molar-refractivity contribution is 9.10. The predicted octanol–water partition coefficient (Wildman–Crippen LogP) is 4.93. The van der Waals surface area contributed by atoms with E-state index in [9.17, 15) is 13.6 Å². The van der Waals surface area contributed by atoms with Crippen molar-refractivity contribution in [2.24, 2.45) is 0 Å². The van der Waals surface area contributed by atoms with E-state index in [1.165, 1.54) is 6.92 Å². The highest BCUT2D eigenvalue weighted by Gasteiger charge is 2.14. The van der Waals surface area contributed by atoms with Gasteiger partial charge in [-0.1, -0.05) is 28.9 Å². The number of benzene rings is 2. The number of hydrogen-bond acceptors (Lipinski definition) is 3. The van der Waals surface area contributed by atoms with Crippen molar-refractivity contribution >= 4 is 21.9 Å². The highest BCUT2D eigenvalue weighted by atomic mass is 79.9. The van der Waals surface area contributed by atoms with Gasteiger partial charge in [0.15, 0.2) is 11.6 Å². The Labute approximate surface area is 141 Å². The molecule has 0 saturated heterocycles. The van der Waals surface area contributed by atoms with E-state index in [0.29, 0.717) is 15.8 Å². The fraction of sp³-hybridized carbons (Fsp3) is 0.235. The number of carbonyl (C=O) groups excluding carboxylic acids is 1. The Morgan fingerprint density at radius 2 is 1.91 bits per heavy atom. The molecular weight excluding hydrogens is 370 g/mol. The lowest BCUT2D eigenvalue weighted by atomic mass is 10.2. The van der Waals surface area contributed by atoms with Crippen molar-refractivity contribution in [3.05, 3.63) is 57.6 Å². The first-order valence-corrected chi connectivity index (χ1v) is 7.78. The zero-order valence-electron chi connectivity index (χ0n) is 12.7. The van der Waals surface area contributed by atoms with E-state index in [1.807, 2.05) is 0 Å². The Morgan fingerprint density at radius 3 is 2.61 bits per heavy atom. The SMILES string of the molecule is CCC(=O)Oc1cccc(Br)c1COc1cc(F)c(C)cc1F. The first kappa shape index (κ1) is 17.4. The van der Waals surface area contributed by atoms with Crippen LogP contribution in [-0.2, 0) is 11.4 Å². The standard InChI is InChI=1S/C17H15BrF2O3/c1-3-17(21)23-15-6-4-5-12(18)11(15)9-22-16-8-13(19)10(2)7-14(16)20/h4-8H,3,9H2,1-2H3. The van der Waals surface area contributed by atoms with Gasteiger partial charge in [-0.2, -0.15) is 0 Å². The van der Waals surface area contributed by atoms with Crippen LogP contribution in [0.3, 0.4) is 0 Å². The van der Waals surface area contributed by atoms with Crippen LogP contribution in [0.4, 0.5) is 8.78 Å². The first-order valence-electron chi connectivity index (χ1n) is 6.99. The average molecular weight is 385 g/mol. The van der Waals surface area contributed by atoms with E-state index in [4.69, 9.17) is 9.47 Å². The summed E-state index contributed by atoms with van der Waals surface area (Å²) < 4.78 is 38.6. The van der Waals surface area contributed by atoms with E-state index < -0.39 is 17.6 Å². The van der Waals surface area contributed by atoms with Crippen molar-refractivity contribution in [1.82, 2.24) is 0 Å². The summed E-state index contributed by atoms with van der Waals surface area (Å²) in [6.45, 7) is 3.08. The molecule has 3 nitrogen and oxygen atoms in total. The lowest BCUT2D eigenvalue weighted by molar-refractivity contribution is -0.134. The molecule has 23 heavy (non-hydrogen) atoms. The molecule has 0 bridgehead atoms. The smallest absolute Gasteiger partial charge is 0.310 e. The summed E-state index contributed by atoms with van der Waals surface area (Å²) in [6, 6.07) is 7.14. The molecule has 0 amide bonds. The van der Waals surface area contributed by atoms with E-state index in [1.54, 1.807) is 25.1 Å². The van der Waals surface area contributed by atoms with Crippen LogP contribution in [0.25, 0.3) is 0 Å². The van der Waals surface area contributed by atoms with Crippen molar-refractivity contribution in [2.45, 2.75) is 26.9 Å². The molecular formula is C17H15BrF2O3. The molecule has 0 aromatic heterocycles. The minimum Gasteiger partial charge on any atom is -0.486 e. The lowest BCUT2D eigenvalue weighted by Crippen LogP contribution is -2.09. The third-order valence-electron chi connectivity index (χ3n) is 3.17. The molecule has 0 aliphatic rings. The molecule has 0 N–H and O–H groups in total. The molecule has 2 aromatic rings. The molecule has 0 atom stereocenters. The van der Waals surface area contributed by atoms with Gasteiger partial charge in [-0.25, -0.2) is 8.78 Å². The molecule has 0 unspecified atom stereocenters.